The van der Waals surface area contributed by atoms with Crippen molar-refractivity contribution in [2.24, 2.45) is 4.99 Å². The molecule has 4 heteroatoms. The summed E-state index contributed by atoms with van der Waals surface area (Å²) >= 11 is 0. The van der Waals surface area contributed by atoms with Gasteiger partial charge in [-0.1, -0.05) is 6.07 Å². The van der Waals surface area contributed by atoms with E-state index < -0.39 is 0 Å². The number of hydrogen-bond donors (Lipinski definition) is 0. The number of amidine groups is 1. The quantitative estimate of drug-likeness (QED) is 0.669. The lowest BCUT2D eigenvalue weighted by atomic mass is 10.1. The van der Waals surface area contributed by atoms with Crippen molar-refractivity contribution in [3.63, 3.8) is 0 Å². The van der Waals surface area contributed by atoms with Crippen LogP contribution >= 0.6 is 0 Å². The van der Waals surface area contributed by atoms with Crippen LogP contribution in [0.1, 0.15) is 11.7 Å². The normalized spacial score (nSPS) is 29.1. The summed E-state index contributed by atoms with van der Waals surface area (Å²) in [5.41, 5.74) is 1.14. The fourth-order valence-electron chi connectivity index (χ4n) is 1.96. The van der Waals surface area contributed by atoms with Crippen LogP contribution in [0.2, 0.25) is 0 Å². The molecule has 0 aromatic carbocycles. The first-order valence-electron chi connectivity index (χ1n) is 5.17. The average molecular weight is 203 g/mol. The lowest BCUT2D eigenvalue weighted by molar-refractivity contribution is 0.390. The Labute approximate surface area is 88.6 Å². The molecule has 0 bridgehead atoms. The number of nitrogens with zero attached hydrogens (tertiary/aromatic N) is 3. The molecular formula is C11H13N3O. The van der Waals surface area contributed by atoms with Crippen molar-refractivity contribution in [3.8, 4) is 0 Å². The van der Waals surface area contributed by atoms with Crippen molar-refractivity contribution in [2.75, 3.05) is 20.1 Å². The number of aliphatic imine (C=N–C) groups is 1. The predicted octanol–water partition coefficient (Wildman–Crippen LogP) is 0.865. The van der Waals surface area contributed by atoms with Gasteiger partial charge in [0.15, 0.2) is 0 Å². The molecule has 1 fully saturated rings. The molecule has 0 unspecified atom stereocenters. The van der Waals surface area contributed by atoms with Gasteiger partial charge in [-0.3, -0.25) is 9.98 Å². The maximum atomic E-state index is 5.64. The Hall–Kier alpha value is -1.42. The molecule has 0 amide bonds. The Morgan fingerprint density at radius 2 is 2.40 bits per heavy atom. The fraction of sp³-hybridized carbons (Fsp3) is 0.455. The molecule has 1 aromatic rings. The molecule has 0 spiro atoms. The molecule has 1 saturated heterocycles. The molecule has 0 radical (unpaired) electrons. The van der Waals surface area contributed by atoms with Crippen LogP contribution in [0, 0.1) is 0 Å². The summed E-state index contributed by atoms with van der Waals surface area (Å²) in [5, 5.41) is 0. The van der Waals surface area contributed by atoms with E-state index in [1.165, 1.54) is 0 Å². The molecular weight excluding hydrogens is 190 g/mol. The molecule has 2 aliphatic heterocycles. The average Bonchev–Trinajstić information content (AvgIpc) is 2.96. The topological polar surface area (TPSA) is 41.0 Å². The van der Waals surface area contributed by atoms with Gasteiger partial charge in [0.2, 0.25) is 0 Å². The number of aromatic nitrogens is 1. The zero-order chi connectivity index (χ0) is 10.3. The van der Waals surface area contributed by atoms with Crippen LogP contribution in [-0.2, 0) is 4.74 Å². The van der Waals surface area contributed by atoms with Crippen molar-refractivity contribution >= 4 is 5.84 Å². The summed E-state index contributed by atoms with van der Waals surface area (Å²) in [6.07, 6.45) is 3.96. The second-order valence-corrected chi connectivity index (χ2v) is 3.93. The van der Waals surface area contributed by atoms with Gasteiger partial charge in [0, 0.05) is 31.5 Å². The standard InChI is InChI=1S/C11H13N3O/c1-14-6-5-13-11(14)10-9(15-10)8-3-2-4-12-7-8/h2-4,7,9-10H,5-6H2,1H3/t9-,10-/m1/s1. The van der Waals surface area contributed by atoms with Gasteiger partial charge < -0.3 is 9.64 Å². The second-order valence-electron chi connectivity index (χ2n) is 3.93. The number of rotatable bonds is 2. The van der Waals surface area contributed by atoms with E-state index in [-0.39, 0.29) is 12.2 Å². The highest BCUT2D eigenvalue weighted by atomic mass is 16.6. The Balaban J connectivity index is 1.75. The molecule has 2 atom stereocenters. The number of hydrogen-bond acceptors (Lipinski definition) is 4. The predicted molar refractivity (Wildman–Crippen MR) is 56.8 cm³/mol. The van der Waals surface area contributed by atoms with E-state index in [0.717, 1.165) is 24.5 Å². The van der Waals surface area contributed by atoms with Crippen LogP contribution in [0.3, 0.4) is 0 Å². The summed E-state index contributed by atoms with van der Waals surface area (Å²) < 4.78 is 5.64. The minimum absolute atomic E-state index is 0.154. The van der Waals surface area contributed by atoms with Crippen LogP contribution in [0.4, 0.5) is 0 Å². The van der Waals surface area contributed by atoms with E-state index >= 15 is 0 Å². The Morgan fingerprint density at radius 3 is 3.07 bits per heavy atom. The van der Waals surface area contributed by atoms with Crippen LogP contribution < -0.4 is 0 Å². The van der Waals surface area contributed by atoms with Crippen molar-refractivity contribution < 1.29 is 4.74 Å². The van der Waals surface area contributed by atoms with Gasteiger partial charge in [0.25, 0.3) is 0 Å². The maximum absolute atomic E-state index is 5.64. The van der Waals surface area contributed by atoms with E-state index in [9.17, 15) is 0 Å². The first kappa shape index (κ1) is 8.85. The molecule has 3 heterocycles. The minimum atomic E-state index is 0.154. The largest absolute Gasteiger partial charge is 0.359 e. The van der Waals surface area contributed by atoms with Crippen LogP contribution in [0.15, 0.2) is 29.5 Å². The second kappa shape index (κ2) is 3.31. The van der Waals surface area contributed by atoms with Crippen molar-refractivity contribution in [2.45, 2.75) is 12.2 Å². The van der Waals surface area contributed by atoms with Crippen LogP contribution in [0.25, 0.3) is 0 Å². The van der Waals surface area contributed by atoms with Gasteiger partial charge >= 0.3 is 0 Å². The number of epoxide rings is 1. The van der Waals surface area contributed by atoms with Crippen LogP contribution in [-0.4, -0.2) is 42.0 Å². The summed E-state index contributed by atoms with van der Waals surface area (Å²) in [6, 6.07) is 3.99. The summed E-state index contributed by atoms with van der Waals surface area (Å²) in [6.45, 7) is 1.90. The molecule has 0 N–H and O–H groups in total. The first-order chi connectivity index (χ1) is 7.36. The Kier molecular flexibility index (Phi) is 1.95. The lowest BCUT2D eigenvalue weighted by Gasteiger charge is -2.10. The monoisotopic (exact) mass is 203 g/mol. The minimum Gasteiger partial charge on any atom is -0.359 e. The Morgan fingerprint density at radius 1 is 1.47 bits per heavy atom. The third kappa shape index (κ3) is 1.51. The van der Waals surface area contributed by atoms with E-state index in [2.05, 4.69) is 21.9 Å². The third-order valence-electron chi connectivity index (χ3n) is 2.86. The third-order valence-corrected chi connectivity index (χ3v) is 2.86. The zero-order valence-electron chi connectivity index (χ0n) is 8.63. The summed E-state index contributed by atoms with van der Waals surface area (Å²) in [4.78, 5) is 10.7. The Bertz CT molecular complexity index is 390. The number of likely N-dealkylation sites (N-methyl/N-ethyl adjacent to an activating group) is 1. The highest BCUT2D eigenvalue weighted by molar-refractivity contribution is 5.90. The number of pyridine rings is 1. The van der Waals surface area contributed by atoms with E-state index in [1.807, 2.05) is 18.3 Å². The van der Waals surface area contributed by atoms with Gasteiger partial charge in [-0.2, -0.15) is 0 Å². The van der Waals surface area contributed by atoms with Gasteiger partial charge in [0.1, 0.15) is 18.0 Å². The van der Waals surface area contributed by atoms with Crippen molar-refractivity contribution in [3.05, 3.63) is 30.1 Å². The van der Waals surface area contributed by atoms with E-state index in [1.54, 1.807) is 6.20 Å². The van der Waals surface area contributed by atoms with Gasteiger partial charge in [-0.15, -0.1) is 0 Å². The molecule has 3 rings (SSSR count). The molecule has 1 aromatic heterocycles. The summed E-state index contributed by atoms with van der Waals surface area (Å²) in [5.74, 6) is 1.09. The molecule has 2 aliphatic rings. The maximum Gasteiger partial charge on any atom is 0.146 e. The highest BCUT2D eigenvalue weighted by Gasteiger charge is 2.46. The van der Waals surface area contributed by atoms with Gasteiger partial charge in [0.05, 0.1) is 6.54 Å². The fourth-order valence-corrected chi connectivity index (χ4v) is 1.96. The highest BCUT2D eigenvalue weighted by Crippen LogP contribution is 2.40. The van der Waals surface area contributed by atoms with E-state index in [0.29, 0.717) is 0 Å². The van der Waals surface area contributed by atoms with Crippen molar-refractivity contribution in [1.82, 2.24) is 9.88 Å². The SMILES string of the molecule is CN1CCN=C1[C@@H]1O[C@@H]1c1cccnc1. The smallest absolute Gasteiger partial charge is 0.146 e. The molecule has 15 heavy (non-hydrogen) atoms. The van der Waals surface area contributed by atoms with Gasteiger partial charge in [-0.05, 0) is 6.07 Å². The van der Waals surface area contributed by atoms with Crippen LogP contribution in [0.5, 0.6) is 0 Å². The first-order valence-corrected chi connectivity index (χ1v) is 5.17. The molecule has 4 nitrogen and oxygen atoms in total. The zero-order valence-corrected chi connectivity index (χ0v) is 8.63. The molecule has 0 aliphatic carbocycles. The van der Waals surface area contributed by atoms with Crippen molar-refractivity contribution in [1.29, 1.82) is 0 Å². The lowest BCUT2D eigenvalue weighted by Crippen LogP contribution is -2.27. The number of ether oxygens (including phenoxy) is 1. The van der Waals surface area contributed by atoms with E-state index in [4.69, 9.17) is 4.74 Å². The molecule has 78 valence electrons. The molecule has 0 saturated carbocycles. The summed E-state index contributed by atoms with van der Waals surface area (Å²) in [7, 11) is 2.06. The van der Waals surface area contributed by atoms with Gasteiger partial charge in [-0.25, -0.2) is 0 Å².